The third-order valence-electron chi connectivity index (χ3n) is 2.42. The van der Waals surface area contributed by atoms with Gasteiger partial charge in [-0.3, -0.25) is 9.78 Å². The number of halogens is 2. The van der Waals surface area contributed by atoms with E-state index in [0.29, 0.717) is 6.20 Å². The highest BCUT2D eigenvalue weighted by Crippen LogP contribution is 2.19. The lowest BCUT2D eigenvalue weighted by Crippen LogP contribution is -2.19. The van der Waals surface area contributed by atoms with E-state index < -0.39 is 29.0 Å². The molecule has 1 heterocycles. The monoisotopic (exact) mass is 281 g/mol. The molecule has 2 rings (SSSR count). The van der Waals surface area contributed by atoms with E-state index in [1.807, 2.05) is 4.98 Å². The molecule has 0 bridgehead atoms. The number of methoxy groups -OCH3 is 1. The van der Waals surface area contributed by atoms with Crippen molar-refractivity contribution in [3.05, 3.63) is 52.1 Å². The number of benzene rings is 1. The molecular formula is C12H9F2N3O3. The lowest BCUT2D eigenvalue weighted by atomic mass is 10.2. The summed E-state index contributed by atoms with van der Waals surface area (Å²) in [5, 5.41) is 2.15. The number of nitrogens with one attached hydrogen (secondary N) is 2. The molecule has 1 aromatic heterocycles. The maximum Gasteiger partial charge on any atom is 0.346 e. The summed E-state index contributed by atoms with van der Waals surface area (Å²) in [7, 11) is 1.25. The van der Waals surface area contributed by atoms with Crippen molar-refractivity contribution in [2.45, 2.75) is 0 Å². The van der Waals surface area contributed by atoms with Crippen LogP contribution in [0, 0.1) is 11.6 Å². The second-order valence-electron chi connectivity index (χ2n) is 3.71. The number of hydrogen-bond acceptors (Lipinski definition) is 4. The van der Waals surface area contributed by atoms with Gasteiger partial charge in [0.15, 0.2) is 23.2 Å². The average molecular weight is 281 g/mol. The Balaban J connectivity index is 2.28. The third-order valence-corrected chi connectivity index (χ3v) is 2.42. The van der Waals surface area contributed by atoms with Crippen molar-refractivity contribution in [2.75, 3.05) is 12.4 Å². The number of amides is 1. The number of aromatic amines is 1. The minimum Gasteiger partial charge on any atom is -0.494 e. The minimum absolute atomic E-state index is 0.0420. The lowest BCUT2D eigenvalue weighted by molar-refractivity contribution is 0.102. The van der Waals surface area contributed by atoms with E-state index in [1.165, 1.54) is 13.2 Å². The van der Waals surface area contributed by atoms with Crippen molar-refractivity contribution in [3.63, 3.8) is 0 Å². The normalized spacial score (nSPS) is 10.2. The van der Waals surface area contributed by atoms with Crippen LogP contribution in [0.2, 0.25) is 0 Å². The Hall–Kier alpha value is -2.77. The van der Waals surface area contributed by atoms with Crippen molar-refractivity contribution in [1.29, 1.82) is 0 Å². The molecule has 0 aliphatic carbocycles. The summed E-state index contributed by atoms with van der Waals surface area (Å²) < 4.78 is 31.3. The topological polar surface area (TPSA) is 84.1 Å². The van der Waals surface area contributed by atoms with Gasteiger partial charge in [0.1, 0.15) is 0 Å². The van der Waals surface area contributed by atoms with Crippen LogP contribution in [0.5, 0.6) is 5.75 Å². The van der Waals surface area contributed by atoms with Gasteiger partial charge in [-0.2, -0.15) is 4.98 Å². The summed E-state index contributed by atoms with van der Waals surface area (Å²) in [5.41, 5.74) is -0.765. The van der Waals surface area contributed by atoms with Crippen molar-refractivity contribution >= 4 is 11.7 Å². The van der Waals surface area contributed by atoms with Gasteiger partial charge < -0.3 is 10.1 Å². The highest BCUT2D eigenvalue weighted by molar-refractivity contribution is 6.04. The number of carbonyl (C=O) groups excluding carboxylic acids is 1. The van der Waals surface area contributed by atoms with Gasteiger partial charge >= 0.3 is 5.69 Å². The van der Waals surface area contributed by atoms with Crippen molar-refractivity contribution in [1.82, 2.24) is 9.97 Å². The van der Waals surface area contributed by atoms with E-state index in [2.05, 4.69) is 10.3 Å². The van der Waals surface area contributed by atoms with Gasteiger partial charge in [-0.05, 0) is 18.2 Å². The Morgan fingerprint density at radius 2 is 2.10 bits per heavy atom. The van der Waals surface area contributed by atoms with Crippen LogP contribution in [0.1, 0.15) is 10.4 Å². The summed E-state index contributed by atoms with van der Waals surface area (Å²) in [6.45, 7) is 0. The van der Waals surface area contributed by atoms with E-state index in [0.717, 1.165) is 12.1 Å². The first-order valence-electron chi connectivity index (χ1n) is 5.41. The van der Waals surface area contributed by atoms with Gasteiger partial charge in [-0.15, -0.1) is 0 Å². The standard InChI is InChI=1S/C12H9F2N3O3/c1-20-9-4-6(2-3-7(9)13)11(18)16-10-8(14)5-15-12(19)17-10/h2-5H,1H3,(H2,15,16,17,18,19). The van der Waals surface area contributed by atoms with Crippen LogP contribution in [-0.4, -0.2) is 23.0 Å². The van der Waals surface area contributed by atoms with Crippen molar-refractivity contribution in [3.8, 4) is 5.75 Å². The Morgan fingerprint density at radius 1 is 1.35 bits per heavy atom. The van der Waals surface area contributed by atoms with Gasteiger partial charge in [0, 0.05) is 5.56 Å². The van der Waals surface area contributed by atoms with E-state index in [4.69, 9.17) is 4.74 Å². The fraction of sp³-hybridized carbons (Fsp3) is 0.0833. The van der Waals surface area contributed by atoms with Gasteiger partial charge in [0.2, 0.25) is 0 Å². The van der Waals surface area contributed by atoms with Gasteiger partial charge in [0.25, 0.3) is 5.91 Å². The molecule has 6 nitrogen and oxygen atoms in total. The van der Waals surface area contributed by atoms with Crippen LogP contribution in [0.4, 0.5) is 14.6 Å². The highest BCUT2D eigenvalue weighted by atomic mass is 19.1. The molecule has 1 amide bonds. The minimum atomic E-state index is -0.896. The molecule has 0 aliphatic rings. The predicted molar refractivity (Wildman–Crippen MR) is 65.7 cm³/mol. The quantitative estimate of drug-likeness (QED) is 0.888. The molecule has 0 saturated heterocycles. The van der Waals surface area contributed by atoms with E-state index in [-0.39, 0.29) is 11.3 Å². The Kier molecular flexibility index (Phi) is 3.74. The summed E-state index contributed by atoms with van der Waals surface area (Å²) >= 11 is 0. The molecule has 1 aromatic carbocycles. The van der Waals surface area contributed by atoms with Crippen LogP contribution >= 0.6 is 0 Å². The smallest absolute Gasteiger partial charge is 0.346 e. The maximum atomic E-state index is 13.3. The van der Waals surface area contributed by atoms with Crippen LogP contribution in [-0.2, 0) is 0 Å². The van der Waals surface area contributed by atoms with Crippen LogP contribution in [0.3, 0.4) is 0 Å². The fourth-order valence-electron chi connectivity index (χ4n) is 1.46. The molecule has 0 aliphatic heterocycles. The van der Waals surface area contributed by atoms with Gasteiger partial charge in [-0.25, -0.2) is 13.6 Å². The molecule has 0 atom stereocenters. The predicted octanol–water partition coefficient (Wildman–Crippen LogP) is 1.31. The van der Waals surface area contributed by atoms with Crippen molar-refractivity contribution < 1.29 is 18.3 Å². The highest BCUT2D eigenvalue weighted by Gasteiger charge is 2.13. The summed E-state index contributed by atoms with van der Waals surface area (Å²) in [6.07, 6.45) is 0.680. The van der Waals surface area contributed by atoms with E-state index >= 15 is 0 Å². The maximum absolute atomic E-state index is 13.3. The first-order chi connectivity index (χ1) is 9.51. The summed E-state index contributed by atoms with van der Waals surface area (Å²) in [5.74, 6) is -2.80. The lowest BCUT2D eigenvalue weighted by Gasteiger charge is -2.07. The number of H-pyrrole nitrogens is 1. The molecule has 2 aromatic rings. The van der Waals surface area contributed by atoms with E-state index in [1.54, 1.807) is 0 Å². The van der Waals surface area contributed by atoms with Crippen molar-refractivity contribution in [2.24, 2.45) is 0 Å². The molecule has 20 heavy (non-hydrogen) atoms. The zero-order valence-corrected chi connectivity index (χ0v) is 10.2. The first-order valence-corrected chi connectivity index (χ1v) is 5.41. The molecule has 0 spiro atoms. The molecule has 8 heteroatoms. The fourth-order valence-corrected chi connectivity index (χ4v) is 1.46. The third kappa shape index (κ3) is 2.79. The number of hydrogen-bond donors (Lipinski definition) is 2. The Labute approximate surface area is 111 Å². The van der Waals surface area contributed by atoms with Gasteiger partial charge in [0.05, 0.1) is 13.3 Å². The summed E-state index contributed by atoms with van der Waals surface area (Å²) in [4.78, 5) is 28.0. The molecule has 0 fully saturated rings. The van der Waals surface area contributed by atoms with Crippen LogP contribution < -0.4 is 15.7 Å². The SMILES string of the molecule is COc1cc(C(=O)Nc2[nH]c(=O)ncc2F)ccc1F. The van der Waals surface area contributed by atoms with Crippen LogP contribution in [0.15, 0.2) is 29.2 Å². The second kappa shape index (κ2) is 5.47. The molecule has 0 unspecified atom stereocenters. The summed E-state index contributed by atoms with van der Waals surface area (Å²) in [6, 6.07) is 3.39. The number of anilines is 1. The molecule has 0 saturated carbocycles. The zero-order valence-electron chi connectivity index (χ0n) is 10.2. The number of nitrogens with zero attached hydrogens (tertiary/aromatic N) is 1. The number of ether oxygens (including phenoxy) is 1. The molecule has 2 N–H and O–H groups in total. The molecule has 0 radical (unpaired) electrons. The van der Waals surface area contributed by atoms with Gasteiger partial charge in [-0.1, -0.05) is 0 Å². The average Bonchev–Trinajstić information content (AvgIpc) is 2.43. The Morgan fingerprint density at radius 3 is 2.80 bits per heavy atom. The molecular weight excluding hydrogens is 272 g/mol. The van der Waals surface area contributed by atoms with E-state index in [9.17, 15) is 18.4 Å². The largest absolute Gasteiger partial charge is 0.494 e. The second-order valence-corrected chi connectivity index (χ2v) is 3.71. The van der Waals surface area contributed by atoms with Crippen LogP contribution in [0.25, 0.3) is 0 Å². The Bertz CT molecular complexity index is 715. The number of aromatic nitrogens is 2. The number of carbonyl (C=O) groups is 1. The zero-order chi connectivity index (χ0) is 14.7. The molecule has 104 valence electrons. The number of rotatable bonds is 3. The first kappa shape index (κ1) is 13.7.